The maximum Gasteiger partial charge on any atom is 0.343 e. The van der Waals surface area contributed by atoms with Gasteiger partial charge in [-0.2, -0.15) is 0 Å². The molecule has 1 heterocycles. The number of benzene rings is 1. The molecule has 0 aliphatic carbocycles. The summed E-state index contributed by atoms with van der Waals surface area (Å²) < 4.78 is 6.39. The van der Waals surface area contributed by atoms with Crippen LogP contribution >= 0.6 is 11.8 Å². The molecule has 0 bridgehead atoms. The zero-order valence-corrected chi connectivity index (χ0v) is 11.9. The van der Waals surface area contributed by atoms with Gasteiger partial charge in [0.25, 0.3) is 0 Å². The minimum absolute atomic E-state index is 0.171. The highest BCUT2D eigenvalue weighted by atomic mass is 32.2. The third-order valence-electron chi connectivity index (χ3n) is 2.54. The lowest BCUT2D eigenvalue weighted by atomic mass is 10.3. The van der Waals surface area contributed by atoms with Crippen LogP contribution in [0.5, 0.6) is 5.75 Å². The number of nitrogens with one attached hydrogen (secondary N) is 2. The fourth-order valence-electron chi connectivity index (χ4n) is 1.46. The number of amides is 1. The Labute approximate surface area is 119 Å². The highest BCUT2D eigenvalue weighted by molar-refractivity contribution is 7.99. The average molecular weight is 294 g/mol. The maximum atomic E-state index is 11.8. The largest absolute Gasteiger partial charge is 0.497 e. The third kappa shape index (κ3) is 3.41. The number of ether oxygens (including phenoxy) is 1. The minimum Gasteiger partial charge on any atom is -0.497 e. The van der Waals surface area contributed by atoms with Crippen LogP contribution in [0.25, 0.3) is 0 Å². The summed E-state index contributed by atoms with van der Waals surface area (Å²) in [5, 5.41) is 9.34. The summed E-state index contributed by atoms with van der Waals surface area (Å²) in [6, 6.07) is 7.04. The SMILES string of the molecule is COc1ccc(NC(=O)CSc2n[nH]c(=O)n2C)cc1. The summed E-state index contributed by atoms with van der Waals surface area (Å²) in [5.74, 6) is 0.726. The number of anilines is 1. The Hall–Kier alpha value is -2.22. The molecule has 2 aromatic rings. The van der Waals surface area contributed by atoms with E-state index in [0.717, 1.165) is 5.75 Å². The molecule has 0 radical (unpaired) electrons. The van der Waals surface area contributed by atoms with Gasteiger partial charge in [0, 0.05) is 12.7 Å². The predicted octanol–water partition coefficient (Wildman–Crippen LogP) is 0.848. The molecule has 1 aromatic heterocycles. The van der Waals surface area contributed by atoms with Crippen molar-refractivity contribution in [2.24, 2.45) is 7.05 Å². The number of aromatic nitrogens is 3. The average Bonchev–Trinajstić information content (AvgIpc) is 2.77. The second-order valence-corrected chi connectivity index (χ2v) is 4.88. The molecule has 0 spiro atoms. The first kappa shape index (κ1) is 14.2. The van der Waals surface area contributed by atoms with E-state index in [9.17, 15) is 9.59 Å². The van der Waals surface area contributed by atoms with Crippen molar-refractivity contribution < 1.29 is 9.53 Å². The van der Waals surface area contributed by atoms with Crippen molar-refractivity contribution in [3.05, 3.63) is 34.7 Å². The second-order valence-electron chi connectivity index (χ2n) is 3.94. The van der Waals surface area contributed by atoms with Gasteiger partial charge in [-0.3, -0.25) is 9.36 Å². The van der Waals surface area contributed by atoms with Crippen LogP contribution in [0.1, 0.15) is 0 Å². The van der Waals surface area contributed by atoms with Crippen molar-refractivity contribution in [3.8, 4) is 5.75 Å². The van der Waals surface area contributed by atoms with Crippen LogP contribution in [0.2, 0.25) is 0 Å². The second kappa shape index (κ2) is 6.29. The fraction of sp³-hybridized carbons (Fsp3) is 0.250. The number of rotatable bonds is 5. The number of nitrogens with zero attached hydrogens (tertiary/aromatic N) is 2. The predicted molar refractivity (Wildman–Crippen MR) is 76.2 cm³/mol. The molecule has 1 amide bonds. The molecule has 106 valence electrons. The molecule has 2 rings (SSSR count). The Kier molecular flexibility index (Phi) is 4.46. The van der Waals surface area contributed by atoms with Gasteiger partial charge in [-0.15, -0.1) is 5.10 Å². The molecule has 0 atom stereocenters. The van der Waals surface area contributed by atoms with Crippen LogP contribution in [-0.4, -0.2) is 33.5 Å². The Bertz CT molecular complexity index is 647. The number of aromatic amines is 1. The van der Waals surface area contributed by atoms with E-state index in [2.05, 4.69) is 15.5 Å². The summed E-state index contributed by atoms with van der Waals surface area (Å²) in [5.41, 5.74) is 0.385. The van der Waals surface area contributed by atoms with Gasteiger partial charge in [-0.05, 0) is 24.3 Å². The Morgan fingerprint density at radius 1 is 1.45 bits per heavy atom. The topological polar surface area (TPSA) is 89.0 Å². The summed E-state index contributed by atoms with van der Waals surface area (Å²) in [6.07, 6.45) is 0. The molecule has 0 saturated heterocycles. The molecule has 2 N–H and O–H groups in total. The van der Waals surface area contributed by atoms with E-state index in [4.69, 9.17) is 4.74 Å². The van der Waals surface area contributed by atoms with E-state index in [1.54, 1.807) is 38.4 Å². The van der Waals surface area contributed by atoms with Gasteiger partial charge >= 0.3 is 5.69 Å². The summed E-state index contributed by atoms with van der Waals surface area (Å²) in [4.78, 5) is 22.9. The summed E-state index contributed by atoms with van der Waals surface area (Å²) in [6.45, 7) is 0. The van der Waals surface area contributed by atoms with Gasteiger partial charge in [0.2, 0.25) is 5.91 Å². The Morgan fingerprint density at radius 3 is 2.70 bits per heavy atom. The zero-order valence-electron chi connectivity index (χ0n) is 11.0. The lowest BCUT2D eigenvalue weighted by Crippen LogP contribution is -2.16. The first-order valence-corrected chi connectivity index (χ1v) is 6.77. The molecule has 0 saturated carbocycles. The van der Waals surface area contributed by atoms with E-state index in [-0.39, 0.29) is 17.3 Å². The van der Waals surface area contributed by atoms with Crippen LogP contribution in [-0.2, 0) is 11.8 Å². The number of carbonyl (C=O) groups excluding carboxylic acids is 1. The van der Waals surface area contributed by atoms with Crippen LogP contribution in [0, 0.1) is 0 Å². The van der Waals surface area contributed by atoms with Gasteiger partial charge < -0.3 is 10.1 Å². The van der Waals surface area contributed by atoms with Gasteiger partial charge in [0.15, 0.2) is 5.16 Å². The molecular weight excluding hydrogens is 280 g/mol. The smallest absolute Gasteiger partial charge is 0.343 e. The maximum absolute atomic E-state index is 11.8. The number of methoxy groups -OCH3 is 1. The van der Waals surface area contributed by atoms with E-state index in [1.165, 1.54) is 16.3 Å². The van der Waals surface area contributed by atoms with Crippen molar-refractivity contribution in [2.45, 2.75) is 5.16 Å². The van der Waals surface area contributed by atoms with Crippen molar-refractivity contribution in [1.82, 2.24) is 14.8 Å². The molecule has 0 aliphatic heterocycles. The Morgan fingerprint density at radius 2 is 2.15 bits per heavy atom. The molecule has 1 aromatic carbocycles. The van der Waals surface area contributed by atoms with Gasteiger partial charge in [-0.1, -0.05) is 11.8 Å². The molecule has 0 unspecified atom stereocenters. The molecular formula is C12H14N4O3S. The van der Waals surface area contributed by atoms with E-state index in [0.29, 0.717) is 10.8 Å². The third-order valence-corrected chi connectivity index (χ3v) is 3.57. The van der Waals surface area contributed by atoms with Gasteiger partial charge in [0.05, 0.1) is 12.9 Å². The van der Waals surface area contributed by atoms with Crippen LogP contribution in [0.4, 0.5) is 5.69 Å². The number of H-pyrrole nitrogens is 1. The number of hydrogen-bond donors (Lipinski definition) is 2. The first-order chi connectivity index (χ1) is 9.60. The van der Waals surface area contributed by atoms with Crippen molar-refractivity contribution in [2.75, 3.05) is 18.2 Å². The lowest BCUT2D eigenvalue weighted by Gasteiger charge is -2.05. The zero-order chi connectivity index (χ0) is 14.5. The number of thioether (sulfide) groups is 1. The highest BCUT2D eigenvalue weighted by Crippen LogP contribution is 2.16. The normalized spacial score (nSPS) is 10.3. The Balaban J connectivity index is 1.89. The standard InChI is InChI=1S/C12H14N4O3S/c1-16-11(18)14-15-12(16)20-7-10(17)13-8-3-5-9(19-2)6-4-8/h3-6H,7H2,1-2H3,(H,13,17)(H,14,18). The summed E-state index contributed by atoms with van der Waals surface area (Å²) >= 11 is 1.19. The van der Waals surface area contributed by atoms with Crippen molar-refractivity contribution in [3.63, 3.8) is 0 Å². The monoisotopic (exact) mass is 294 g/mol. The highest BCUT2D eigenvalue weighted by Gasteiger charge is 2.08. The van der Waals surface area contributed by atoms with Crippen molar-refractivity contribution >= 4 is 23.4 Å². The van der Waals surface area contributed by atoms with E-state index < -0.39 is 0 Å². The number of carbonyl (C=O) groups is 1. The number of hydrogen-bond acceptors (Lipinski definition) is 5. The van der Waals surface area contributed by atoms with E-state index >= 15 is 0 Å². The molecule has 0 fully saturated rings. The molecule has 0 aliphatic rings. The van der Waals surface area contributed by atoms with Crippen LogP contribution in [0.3, 0.4) is 0 Å². The van der Waals surface area contributed by atoms with Crippen LogP contribution < -0.4 is 15.7 Å². The van der Waals surface area contributed by atoms with E-state index in [1.807, 2.05) is 0 Å². The molecule has 20 heavy (non-hydrogen) atoms. The summed E-state index contributed by atoms with van der Waals surface area (Å²) in [7, 11) is 3.17. The molecule has 7 nitrogen and oxygen atoms in total. The minimum atomic E-state index is -0.303. The molecule has 8 heteroatoms. The van der Waals surface area contributed by atoms with Crippen molar-refractivity contribution in [1.29, 1.82) is 0 Å². The quantitative estimate of drug-likeness (QED) is 0.798. The lowest BCUT2D eigenvalue weighted by molar-refractivity contribution is -0.113. The van der Waals surface area contributed by atoms with Gasteiger partial charge in [-0.25, -0.2) is 9.89 Å². The fourth-order valence-corrected chi connectivity index (χ4v) is 2.18. The van der Waals surface area contributed by atoms with Gasteiger partial charge in [0.1, 0.15) is 5.75 Å². The first-order valence-electron chi connectivity index (χ1n) is 5.78. The van der Waals surface area contributed by atoms with Crippen LogP contribution in [0.15, 0.2) is 34.2 Å².